The SMILES string of the molecule is C=C[C@@H]1C[C@]1(CC(=O)[C@@H]1C[C@@H]2CN1C(=O)[C@H](C(C)(C)C)NC(=O)O[C@@H]1CCC[C@H]1OC/C=C/C(F)(F)c1nc3ccccc3nc1O2)C(=O)NS(=O)(=O)C1CC1.C=C[C@@H]1C[C@]1(N)C(=O)NS(=O)(=O)C1CC1.CC(C)(C)[C@@H]1NC(=O)O[C@@H]2CCC[C@H]2OC/C=C/C(F)(F)c2nc3ccccc3nc2O[C@@H]2C[C@@H](C(=O)O)N(C2)C1=O.Cl. The Bertz CT molecular complexity index is 4720. The molecule has 4 bridgehead atoms. The number of nitrogens with zero attached hydrogens (tertiary/aromatic N) is 6. The number of benzene rings is 2. The van der Waals surface area contributed by atoms with E-state index in [1.165, 1.54) is 17.1 Å². The molecule has 14 rings (SSSR count). The van der Waals surface area contributed by atoms with E-state index in [1.54, 1.807) is 96.1 Å². The van der Waals surface area contributed by atoms with Gasteiger partial charge in [0.05, 0.1) is 82.5 Å². The summed E-state index contributed by atoms with van der Waals surface area (Å²) in [5.41, 5.74) is 1.01. The molecule has 0 spiro atoms. The Balaban J connectivity index is 0.000000193. The predicted octanol–water partition coefficient (Wildman–Crippen LogP) is 8.20. The number of amides is 6. The number of aromatic nitrogens is 4. The lowest BCUT2D eigenvalue weighted by atomic mass is 9.85. The number of rotatable bonds is 12. The number of nitrogens with two attached hydrogens (primary N) is 1. The number of allylic oxidation sites excluding steroid dienone is 3. The number of sulfonamides is 2. The monoisotopic (exact) mass is 1650 g/mol. The molecule has 37 heteroatoms. The third-order valence-electron chi connectivity index (χ3n) is 22.1. The van der Waals surface area contributed by atoms with Crippen molar-refractivity contribution in [2.45, 2.75) is 227 Å². The molecular weight excluding hydrogens is 1560 g/mol. The highest BCUT2D eigenvalue weighted by molar-refractivity contribution is 7.91. The molecule has 6 amide bonds. The molecule has 30 nitrogen and oxygen atoms in total. The quantitative estimate of drug-likeness (QED) is 0.0574. The van der Waals surface area contributed by atoms with Crippen LogP contribution in [0.5, 0.6) is 11.8 Å². The minimum Gasteiger partial charge on any atom is -0.480 e. The van der Waals surface area contributed by atoms with Crippen LogP contribution in [0, 0.1) is 28.1 Å². The van der Waals surface area contributed by atoms with Crippen LogP contribution in [0.4, 0.5) is 27.2 Å². The molecule has 7 N–H and O–H groups in total. The first-order chi connectivity index (χ1) is 53.1. The summed E-state index contributed by atoms with van der Waals surface area (Å²) in [6, 6.07) is 7.97. The van der Waals surface area contributed by atoms with Gasteiger partial charge < -0.3 is 59.7 Å². The Labute approximate surface area is 662 Å². The molecule has 620 valence electrons. The average molecular weight is 1660 g/mol. The Morgan fingerprint density at radius 2 is 0.982 bits per heavy atom. The van der Waals surface area contributed by atoms with Gasteiger partial charge in [-0.05, 0) is 130 Å². The molecule has 114 heavy (non-hydrogen) atoms. The number of carboxylic acid groups (broad SMARTS) is 1. The number of para-hydroxylation sites is 4. The predicted molar refractivity (Wildman–Crippen MR) is 405 cm³/mol. The van der Waals surface area contributed by atoms with Crippen LogP contribution in [-0.4, -0.2) is 202 Å². The Morgan fingerprint density at radius 1 is 0.588 bits per heavy atom. The molecule has 6 heterocycles. The van der Waals surface area contributed by atoms with E-state index in [0.717, 1.165) is 11.0 Å². The number of fused-ring (bicyclic) bond motifs is 10. The number of nitrogens with one attached hydrogen (secondary N) is 4. The molecule has 2 aromatic carbocycles. The molecule has 8 fully saturated rings. The van der Waals surface area contributed by atoms with E-state index in [4.69, 9.17) is 34.2 Å². The second-order valence-electron chi connectivity index (χ2n) is 32.7. The second-order valence-corrected chi connectivity index (χ2v) is 36.7. The van der Waals surface area contributed by atoms with Crippen LogP contribution < -0.4 is 35.3 Å². The summed E-state index contributed by atoms with van der Waals surface area (Å²) >= 11 is 0. The number of ketones is 1. The summed E-state index contributed by atoms with van der Waals surface area (Å²) in [7, 11) is -7.41. The van der Waals surface area contributed by atoms with Crippen molar-refractivity contribution >= 4 is 102 Å². The van der Waals surface area contributed by atoms with E-state index in [9.17, 15) is 60.3 Å². The van der Waals surface area contributed by atoms with Gasteiger partial charge in [0, 0.05) is 25.2 Å². The van der Waals surface area contributed by atoms with E-state index in [0.29, 0.717) is 88.3 Å². The van der Waals surface area contributed by atoms with Gasteiger partial charge in [0.15, 0.2) is 17.2 Å². The van der Waals surface area contributed by atoms with Gasteiger partial charge in [0.2, 0.25) is 49.5 Å². The zero-order valence-electron chi connectivity index (χ0n) is 63.8. The number of Topliss-reactive ketones (excluding diaryl/α,β-unsaturated/α-hetero) is 1. The first-order valence-corrected chi connectivity index (χ1v) is 40.9. The molecule has 10 aliphatic rings. The summed E-state index contributed by atoms with van der Waals surface area (Å²) in [4.78, 5) is 126. The van der Waals surface area contributed by atoms with Crippen molar-refractivity contribution in [3.05, 3.63) is 110 Å². The third-order valence-corrected chi connectivity index (χ3v) is 25.7. The molecule has 2 aromatic heterocycles. The molecule has 0 radical (unpaired) electrons. The van der Waals surface area contributed by atoms with E-state index < -0.39 is 208 Å². The molecule has 0 unspecified atom stereocenters. The average Bonchev–Trinajstić information content (AvgIpc) is 1.57. The van der Waals surface area contributed by atoms with Crippen molar-refractivity contribution in [3.8, 4) is 11.8 Å². The Morgan fingerprint density at radius 3 is 1.37 bits per heavy atom. The normalized spacial score (nSPS) is 30.8. The van der Waals surface area contributed by atoms with Gasteiger partial charge in [0.25, 0.3) is 5.91 Å². The van der Waals surface area contributed by atoms with E-state index >= 15 is 17.6 Å². The largest absolute Gasteiger partial charge is 0.480 e. The number of alkyl halides is 4. The Hall–Kier alpha value is -8.97. The topological polar surface area (TPSA) is 413 Å². The van der Waals surface area contributed by atoms with Crippen molar-refractivity contribution in [1.82, 2.24) is 49.8 Å². The van der Waals surface area contributed by atoms with Crippen molar-refractivity contribution in [3.63, 3.8) is 0 Å². The van der Waals surface area contributed by atoms with Crippen molar-refractivity contribution in [1.29, 1.82) is 0 Å². The lowest BCUT2D eigenvalue weighted by Crippen LogP contribution is -2.57. The van der Waals surface area contributed by atoms with Crippen LogP contribution in [0.25, 0.3) is 22.1 Å². The number of carboxylic acids is 1. The number of hydrogen-bond acceptors (Lipinski definition) is 23. The number of ether oxygens (including phenoxy) is 6. The van der Waals surface area contributed by atoms with Gasteiger partial charge in [-0.15, -0.1) is 25.6 Å². The van der Waals surface area contributed by atoms with Gasteiger partial charge in [-0.25, -0.2) is 51.2 Å². The highest BCUT2D eigenvalue weighted by Gasteiger charge is 2.62. The highest BCUT2D eigenvalue weighted by Crippen LogP contribution is 2.57. The standard InChI is InChI=1S/C39H47F2N5O9S.C29H34F2N4O7.C9H14N2O3S.ClH/c1-5-22-19-38(22,35(49)45-56(51,52)24-14-15-24)20-28(47)27-18-23-21-46(27)34(48)32(37(2,3)4)44-36(50)55-30-13-8-12-29(30)53-17-9-16-39(40,41)31-33(54-23)43-26-11-7-6-10-25(26)42-31;1-28(2,3)23-25(36)35-15-16(14-19(35)26(37)38)41-24-22(32-17-8-4-5-9-18(17)33-24)29(30,31)12-7-13-40-20-10-6-11-21(20)42-27(39)34-23;1-2-6-5-9(6,10)8(12)11-15(13,14)7-3-4-7;/h5-7,9-11,16,22-24,27,29-30,32H,1,8,12-15,17-21H2,2-4H3,(H,44,50)(H,45,49);4-5,7-9,12,16,19-21,23H,6,10-11,13-15H2,1-3H3,(H,34,39)(H,37,38);2,6-7H,1,3-5,10H2,(H,11,12);1H/b16-9+;12-7+;;/t22-,23-,27+,29-,30-,32-,38-;16-,19+,20-,21-,23-;6-,9-;/m111./s1. The molecule has 4 aromatic rings. The van der Waals surface area contributed by atoms with Gasteiger partial charge in [-0.1, -0.05) is 90.1 Å². The summed E-state index contributed by atoms with van der Waals surface area (Å²) < 4.78 is 151. The van der Waals surface area contributed by atoms with Gasteiger partial charge in [-0.3, -0.25) is 33.4 Å². The van der Waals surface area contributed by atoms with E-state index in [-0.39, 0.29) is 80.4 Å². The summed E-state index contributed by atoms with van der Waals surface area (Å²) in [6.45, 7) is 16.8. The lowest BCUT2D eigenvalue weighted by Gasteiger charge is -2.35. The number of aliphatic carboxylic acids is 1. The first-order valence-electron chi connectivity index (χ1n) is 37.8. The van der Waals surface area contributed by atoms with E-state index in [2.05, 4.69) is 48.4 Å². The van der Waals surface area contributed by atoms with Crippen molar-refractivity contribution in [2.75, 3.05) is 26.3 Å². The van der Waals surface area contributed by atoms with Crippen molar-refractivity contribution in [2.24, 2.45) is 33.8 Å². The fourth-order valence-electron chi connectivity index (χ4n) is 15.1. The first kappa shape index (κ1) is 85.9. The molecule has 6 saturated carbocycles. The number of halogens is 5. The van der Waals surface area contributed by atoms with Gasteiger partial charge in [0.1, 0.15) is 48.1 Å². The van der Waals surface area contributed by atoms with Crippen molar-refractivity contribution < 1.29 is 106 Å². The van der Waals surface area contributed by atoms with Gasteiger partial charge in [-0.2, -0.15) is 17.6 Å². The fraction of sp³-hybridized carbons (Fsp3) is 0.584. The van der Waals surface area contributed by atoms with Crippen LogP contribution in [0.1, 0.15) is 149 Å². The minimum absolute atomic E-state index is 0. The smallest absolute Gasteiger partial charge is 0.408 e. The molecule has 6 aliphatic carbocycles. The maximum absolute atomic E-state index is 16.1. The number of hydrogen-bond donors (Lipinski definition) is 6. The maximum atomic E-state index is 16.1. The summed E-state index contributed by atoms with van der Waals surface area (Å²) in [5, 5.41) is 14.2. The third kappa shape index (κ3) is 19.3. The fourth-order valence-corrected chi connectivity index (χ4v) is 17.8. The minimum atomic E-state index is -3.94. The van der Waals surface area contributed by atoms with Crippen LogP contribution >= 0.6 is 12.4 Å². The van der Waals surface area contributed by atoms with Crippen LogP contribution in [-0.2, 0) is 79.6 Å². The van der Waals surface area contributed by atoms with Gasteiger partial charge >= 0.3 is 30.0 Å². The summed E-state index contributed by atoms with van der Waals surface area (Å²) in [5.74, 6) is -13.5. The molecular formula is C77H96ClF4N11O19S2. The second kappa shape index (κ2) is 33.3. The molecule has 14 atom stereocenters. The van der Waals surface area contributed by atoms with Crippen LogP contribution in [0.3, 0.4) is 0 Å². The summed E-state index contributed by atoms with van der Waals surface area (Å²) in [6.07, 6.45) is 5.88. The number of carbonyl (C=O) groups is 8. The number of carbonyl (C=O) groups excluding carboxylic acids is 7. The molecule has 2 saturated heterocycles. The number of alkyl carbamates (subject to hydrolysis) is 2. The van der Waals surface area contributed by atoms with Crippen LogP contribution in [0.2, 0.25) is 0 Å². The maximum Gasteiger partial charge on any atom is 0.408 e. The van der Waals surface area contributed by atoms with Crippen LogP contribution in [0.15, 0.2) is 98.1 Å². The molecule has 4 aliphatic heterocycles. The lowest BCUT2D eigenvalue weighted by molar-refractivity contribution is -0.150. The zero-order valence-corrected chi connectivity index (χ0v) is 66.3. The zero-order chi connectivity index (χ0) is 81.7. The Kier molecular flexibility index (Phi) is 25.1. The van der Waals surface area contributed by atoms with E-state index in [1.807, 2.05) is 4.72 Å². The highest BCUT2D eigenvalue weighted by atomic mass is 35.5.